The van der Waals surface area contributed by atoms with Gasteiger partial charge in [0.2, 0.25) is 0 Å². The number of rotatable bonds is 4. The molecule has 104 valence electrons. The summed E-state index contributed by atoms with van der Waals surface area (Å²) in [6, 6.07) is 8.33. The highest BCUT2D eigenvalue weighted by atomic mass is 16.5. The van der Waals surface area contributed by atoms with E-state index in [1.807, 2.05) is 11.9 Å². The molecule has 5 heteroatoms. The maximum Gasteiger partial charge on any atom is 0.358 e. The zero-order chi connectivity index (χ0) is 14.5. The van der Waals surface area contributed by atoms with Gasteiger partial charge in [-0.2, -0.15) is 0 Å². The maximum absolute atomic E-state index is 11.3. The average Bonchev–Trinajstić information content (AvgIpc) is 2.49. The van der Waals surface area contributed by atoms with Crippen LogP contribution >= 0.6 is 0 Å². The van der Waals surface area contributed by atoms with E-state index in [2.05, 4.69) is 45.9 Å². The SMILES string of the molecule is COC(=O)c1cnc(N(C)Cc2ccc(C)cc2)cn1. The smallest absolute Gasteiger partial charge is 0.358 e. The Kier molecular flexibility index (Phi) is 4.30. The molecule has 0 saturated heterocycles. The minimum absolute atomic E-state index is 0.208. The van der Waals surface area contributed by atoms with E-state index in [4.69, 9.17) is 0 Å². The number of aromatic nitrogens is 2. The third kappa shape index (κ3) is 3.32. The van der Waals surface area contributed by atoms with E-state index >= 15 is 0 Å². The molecular weight excluding hydrogens is 254 g/mol. The van der Waals surface area contributed by atoms with Crippen LogP contribution in [-0.2, 0) is 11.3 Å². The van der Waals surface area contributed by atoms with E-state index in [0.29, 0.717) is 5.82 Å². The quantitative estimate of drug-likeness (QED) is 0.798. The topological polar surface area (TPSA) is 55.3 Å². The Morgan fingerprint density at radius 1 is 1.20 bits per heavy atom. The van der Waals surface area contributed by atoms with Crippen LogP contribution < -0.4 is 4.90 Å². The minimum atomic E-state index is -0.481. The van der Waals surface area contributed by atoms with Gasteiger partial charge >= 0.3 is 5.97 Å². The number of carbonyl (C=O) groups is 1. The number of benzene rings is 1. The fourth-order valence-electron chi connectivity index (χ4n) is 1.78. The molecule has 20 heavy (non-hydrogen) atoms. The summed E-state index contributed by atoms with van der Waals surface area (Å²) in [7, 11) is 3.25. The third-order valence-corrected chi connectivity index (χ3v) is 2.96. The first-order valence-electron chi connectivity index (χ1n) is 6.27. The Bertz CT molecular complexity index is 579. The van der Waals surface area contributed by atoms with Crippen LogP contribution in [0.4, 0.5) is 5.82 Å². The minimum Gasteiger partial charge on any atom is -0.464 e. The molecule has 0 fully saturated rings. The van der Waals surface area contributed by atoms with Crippen LogP contribution in [-0.4, -0.2) is 30.1 Å². The van der Waals surface area contributed by atoms with Crippen LogP contribution in [0.2, 0.25) is 0 Å². The molecule has 0 N–H and O–H groups in total. The van der Waals surface area contributed by atoms with E-state index in [1.54, 1.807) is 6.20 Å². The second-order valence-corrected chi connectivity index (χ2v) is 4.59. The van der Waals surface area contributed by atoms with Crippen molar-refractivity contribution in [2.45, 2.75) is 13.5 Å². The Morgan fingerprint density at radius 3 is 2.45 bits per heavy atom. The molecule has 2 aromatic rings. The van der Waals surface area contributed by atoms with Gasteiger partial charge in [-0.15, -0.1) is 0 Å². The van der Waals surface area contributed by atoms with Crippen molar-refractivity contribution in [1.29, 1.82) is 0 Å². The molecule has 0 spiro atoms. The first kappa shape index (κ1) is 14.0. The summed E-state index contributed by atoms with van der Waals surface area (Å²) in [6.45, 7) is 2.79. The molecule has 0 amide bonds. The molecular formula is C15H17N3O2. The zero-order valence-corrected chi connectivity index (χ0v) is 11.8. The number of nitrogens with zero attached hydrogens (tertiary/aromatic N) is 3. The highest BCUT2D eigenvalue weighted by Gasteiger charge is 2.09. The Balaban J connectivity index is 2.07. The Morgan fingerprint density at radius 2 is 1.90 bits per heavy atom. The maximum atomic E-state index is 11.3. The summed E-state index contributed by atoms with van der Waals surface area (Å²) in [5, 5.41) is 0. The van der Waals surface area contributed by atoms with Gasteiger partial charge in [-0.3, -0.25) is 0 Å². The number of methoxy groups -OCH3 is 1. The van der Waals surface area contributed by atoms with Crippen LogP contribution in [0.25, 0.3) is 0 Å². The number of anilines is 1. The molecule has 0 aliphatic carbocycles. The van der Waals surface area contributed by atoms with Crippen molar-refractivity contribution >= 4 is 11.8 Å². The number of esters is 1. The summed E-state index contributed by atoms with van der Waals surface area (Å²) >= 11 is 0. The molecule has 0 radical (unpaired) electrons. The van der Waals surface area contributed by atoms with Gasteiger partial charge < -0.3 is 9.64 Å². The van der Waals surface area contributed by atoms with Crippen molar-refractivity contribution in [2.75, 3.05) is 19.1 Å². The van der Waals surface area contributed by atoms with E-state index in [0.717, 1.165) is 6.54 Å². The third-order valence-electron chi connectivity index (χ3n) is 2.96. The lowest BCUT2D eigenvalue weighted by atomic mass is 10.1. The number of carbonyl (C=O) groups excluding carboxylic acids is 1. The number of ether oxygens (including phenoxy) is 1. The molecule has 5 nitrogen and oxygen atoms in total. The van der Waals surface area contributed by atoms with Gasteiger partial charge in [0.15, 0.2) is 5.69 Å². The monoisotopic (exact) mass is 271 g/mol. The van der Waals surface area contributed by atoms with Crippen molar-refractivity contribution < 1.29 is 9.53 Å². The Hall–Kier alpha value is -2.43. The van der Waals surface area contributed by atoms with Crippen LogP contribution in [0.1, 0.15) is 21.6 Å². The molecule has 0 aliphatic heterocycles. The molecule has 2 rings (SSSR count). The largest absolute Gasteiger partial charge is 0.464 e. The van der Waals surface area contributed by atoms with E-state index in [1.165, 1.54) is 24.4 Å². The highest BCUT2D eigenvalue weighted by molar-refractivity contribution is 5.86. The average molecular weight is 271 g/mol. The second-order valence-electron chi connectivity index (χ2n) is 4.59. The van der Waals surface area contributed by atoms with Gasteiger partial charge in [-0.25, -0.2) is 14.8 Å². The first-order chi connectivity index (χ1) is 9.60. The molecule has 1 aromatic heterocycles. The fraction of sp³-hybridized carbons (Fsp3) is 0.267. The summed E-state index contributed by atoms with van der Waals surface area (Å²) in [5.41, 5.74) is 2.63. The lowest BCUT2D eigenvalue weighted by molar-refractivity contribution is 0.0593. The standard InChI is InChI=1S/C15H17N3O2/c1-11-4-6-12(7-5-11)10-18(2)14-9-16-13(8-17-14)15(19)20-3/h4-9H,10H2,1-3H3. The summed E-state index contributed by atoms with van der Waals surface area (Å²) < 4.78 is 4.59. The van der Waals surface area contributed by atoms with Crippen LogP contribution in [0.15, 0.2) is 36.7 Å². The van der Waals surface area contributed by atoms with Crippen molar-refractivity contribution in [3.63, 3.8) is 0 Å². The predicted molar refractivity (Wildman–Crippen MR) is 76.7 cm³/mol. The van der Waals surface area contributed by atoms with Crippen LogP contribution in [0.3, 0.4) is 0 Å². The van der Waals surface area contributed by atoms with Gasteiger partial charge in [0, 0.05) is 13.6 Å². The van der Waals surface area contributed by atoms with E-state index in [9.17, 15) is 4.79 Å². The Labute approximate surface area is 118 Å². The van der Waals surface area contributed by atoms with Crippen molar-refractivity contribution in [2.24, 2.45) is 0 Å². The molecule has 0 atom stereocenters. The van der Waals surface area contributed by atoms with E-state index in [-0.39, 0.29) is 5.69 Å². The van der Waals surface area contributed by atoms with Crippen molar-refractivity contribution in [3.05, 3.63) is 53.5 Å². The predicted octanol–water partition coefficient (Wildman–Crippen LogP) is 2.21. The van der Waals surface area contributed by atoms with Gasteiger partial charge in [0.05, 0.1) is 19.5 Å². The van der Waals surface area contributed by atoms with Gasteiger partial charge in [-0.05, 0) is 12.5 Å². The first-order valence-corrected chi connectivity index (χ1v) is 6.27. The number of hydrogen-bond acceptors (Lipinski definition) is 5. The van der Waals surface area contributed by atoms with Crippen molar-refractivity contribution in [1.82, 2.24) is 9.97 Å². The van der Waals surface area contributed by atoms with E-state index < -0.39 is 5.97 Å². The highest BCUT2D eigenvalue weighted by Crippen LogP contribution is 2.12. The van der Waals surface area contributed by atoms with Gasteiger partial charge in [0.25, 0.3) is 0 Å². The number of aryl methyl sites for hydroxylation is 1. The van der Waals surface area contributed by atoms with Crippen LogP contribution in [0, 0.1) is 6.92 Å². The number of hydrogen-bond donors (Lipinski definition) is 0. The summed E-state index contributed by atoms with van der Waals surface area (Å²) in [6.07, 6.45) is 2.99. The normalized spacial score (nSPS) is 10.2. The molecule has 0 saturated carbocycles. The molecule has 0 unspecified atom stereocenters. The fourth-order valence-corrected chi connectivity index (χ4v) is 1.78. The second kappa shape index (κ2) is 6.14. The van der Waals surface area contributed by atoms with Gasteiger partial charge in [-0.1, -0.05) is 29.8 Å². The molecule has 1 heterocycles. The molecule has 0 aliphatic rings. The van der Waals surface area contributed by atoms with Gasteiger partial charge in [0.1, 0.15) is 5.82 Å². The lowest BCUT2D eigenvalue weighted by Gasteiger charge is -2.17. The molecule has 0 bridgehead atoms. The zero-order valence-electron chi connectivity index (χ0n) is 11.8. The summed E-state index contributed by atoms with van der Waals surface area (Å²) in [5.74, 6) is 0.225. The lowest BCUT2D eigenvalue weighted by Crippen LogP contribution is -2.18. The summed E-state index contributed by atoms with van der Waals surface area (Å²) in [4.78, 5) is 21.5. The van der Waals surface area contributed by atoms with Crippen molar-refractivity contribution in [3.8, 4) is 0 Å². The molecule has 1 aromatic carbocycles. The van der Waals surface area contributed by atoms with Crippen LogP contribution in [0.5, 0.6) is 0 Å².